The molecule has 1 N–H and O–H groups in total. The standard InChI is InChI=1S/C23H28N4O3S2/c1-15(2)16-6-8-17(9-7-16)32(29,30)27-12-10-26(11-13-27)14-20-24-22(28)21-18-4-3-5-19(18)31-23(21)25-20/h6-9,15H,3-5,10-14H2,1-2H3,(H,24,25,28). The van der Waals surface area contributed by atoms with E-state index in [1.54, 1.807) is 27.8 Å². The van der Waals surface area contributed by atoms with Crippen molar-refractivity contribution in [1.29, 1.82) is 0 Å². The van der Waals surface area contributed by atoms with E-state index in [-0.39, 0.29) is 5.56 Å². The molecule has 5 rings (SSSR count). The second-order valence-corrected chi connectivity index (χ2v) is 12.0. The second-order valence-electron chi connectivity index (χ2n) is 8.95. The Bertz CT molecular complexity index is 1300. The minimum Gasteiger partial charge on any atom is -0.309 e. The molecule has 9 heteroatoms. The first-order chi connectivity index (χ1) is 15.3. The third-order valence-corrected chi connectivity index (χ3v) is 9.61. The van der Waals surface area contributed by atoms with Gasteiger partial charge in [-0.25, -0.2) is 13.4 Å². The number of fused-ring (bicyclic) bond motifs is 3. The predicted molar refractivity (Wildman–Crippen MR) is 127 cm³/mol. The summed E-state index contributed by atoms with van der Waals surface area (Å²) in [5.74, 6) is 1.02. The molecule has 3 aromatic rings. The van der Waals surface area contributed by atoms with E-state index in [1.807, 2.05) is 12.1 Å². The summed E-state index contributed by atoms with van der Waals surface area (Å²) < 4.78 is 27.6. The molecule has 170 valence electrons. The molecule has 0 unspecified atom stereocenters. The van der Waals surface area contributed by atoms with Gasteiger partial charge in [-0.15, -0.1) is 11.3 Å². The smallest absolute Gasteiger partial charge is 0.259 e. The van der Waals surface area contributed by atoms with Gasteiger partial charge < -0.3 is 4.98 Å². The molecule has 1 saturated heterocycles. The lowest BCUT2D eigenvalue weighted by atomic mass is 10.0. The molecule has 3 heterocycles. The van der Waals surface area contributed by atoms with Gasteiger partial charge >= 0.3 is 0 Å². The van der Waals surface area contributed by atoms with E-state index in [1.165, 1.54) is 10.4 Å². The fourth-order valence-electron chi connectivity index (χ4n) is 4.64. The number of aryl methyl sites for hydroxylation is 2. The number of thiophene rings is 1. The van der Waals surface area contributed by atoms with Crippen molar-refractivity contribution in [3.63, 3.8) is 0 Å². The van der Waals surface area contributed by atoms with Crippen LogP contribution in [0.2, 0.25) is 0 Å². The van der Waals surface area contributed by atoms with Crippen LogP contribution in [-0.2, 0) is 29.4 Å². The fraction of sp³-hybridized carbons (Fsp3) is 0.478. The number of hydrogen-bond acceptors (Lipinski definition) is 6. The summed E-state index contributed by atoms with van der Waals surface area (Å²) in [6.45, 7) is 6.76. The minimum atomic E-state index is -3.50. The van der Waals surface area contributed by atoms with Crippen molar-refractivity contribution in [3.8, 4) is 0 Å². The Morgan fingerprint density at radius 3 is 2.50 bits per heavy atom. The number of nitrogens with one attached hydrogen (secondary N) is 1. The number of aromatic nitrogens is 2. The molecule has 1 aliphatic heterocycles. The molecular weight excluding hydrogens is 444 g/mol. The molecule has 0 radical (unpaired) electrons. The SMILES string of the molecule is CC(C)c1ccc(S(=O)(=O)N2CCN(Cc3nc4sc5c(c4c(=O)[nH]3)CCC5)CC2)cc1. The van der Waals surface area contributed by atoms with Crippen molar-refractivity contribution < 1.29 is 8.42 Å². The maximum absolute atomic E-state index is 13.0. The predicted octanol–water partition coefficient (Wildman–Crippen LogP) is 3.10. The summed E-state index contributed by atoms with van der Waals surface area (Å²) in [7, 11) is -3.50. The van der Waals surface area contributed by atoms with Gasteiger partial charge in [0.15, 0.2) is 0 Å². The van der Waals surface area contributed by atoms with Crippen LogP contribution in [0.1, 0.15) is 48.0 Å². The van der Waals surface area contributed by atoms with Crippen LogP contribution in [0.5, 0.6) is 0 Å². The van der Waals surface area contributed by atoms with Gasteiger partial charge in [0.05, 0.1) is 16.8 Å². The first-order valence-electron chi connectivity index (χ1n) is 11.2. The minimum absolute atomic E-state index is 0.0459. The molecule has 1 aromatic carbocycles. The fourth-order valence-corrected chi connectivity index (χ4v) is 7.34. The molecule has 1 aliphatic carbocycles. The van der Waals surface area contributed by atoms with Crippen molar-refractivity contribution in [3.05, 3.63) is 56.4 Å². The number of piperazine rings is 1. The molecule has 0 bridgehead atoms. The quantitative estimate of drug-likeness (QED) is 0.617. The van der Waals surface area contributed by atoms with Crippen molar-refractivity contribution >= 4 is 31.6 Å². The number of aromatic amines is 1. The molecule has 7 nitrogen and oxygen atoms in total. The summed E-state index contributed by atoms with van der Waals surface area (Å²) >= 11 is 1.64. The maximum Gasteiger partial charge on any atom is 0.259 e. The van der Waals surface area contributed by atoms with Crippen molar-refractivity contribution in [2.75, 3.05) is 26.2 Å². The highest BCUT2D eigenvalue weighted by Gasteiger charge is 2.29. The lowest BCUT2D eigenvalue weighted by molar-refractivity contribution is 0.178. The van der Waals surface area contributed by atoms with Crippen molar-refractivity contribution in [2.24, 2.45) is 0 Å². The van der Waals surface area contributed by atoms with Gasteiger partial charge in [-0.3, -0.25) is 9.69 Å². The Labute approximate surface area is 192 Å². The van der Waals surface area contributed by atoms with E-state index in [0.29, 0.717) is 49.4 Å². The lowest BCUT2D eigenvalue weighted by Gasteiger charge is -2.33. The number of nitrogens with zero attached hydrogens (tertiary/aromatic N) is 3. The normalized spacial score (nSPS) is 18.0. The van der Waals surface area contributed by atoms with Crippen LogP contribution in [0.25, 0.3) is 10.2 Å². The van der Waals surface area contributed by atoms with E-state index >= 15 is 0 Å². The highest BCUT2D eigenvalue weighted by molar-refractivity contribution is 7.89. The van der Waals surface area contributed by atoms with Crippen LogP contribution in [-0.4, -0.2) is 53.8 Å². The molecule has 0 atom stereocenters. The van der Waals surface area contributed by atoms with E-state index < -0.39 is 10.0 Å². The molecule has 1 fully saturated rings. The van der Waals surface area contributed by atoms with Gasteiger partial charge in [0.1, 0.15) is 10.7 Å². The summed E-state index contributed by atoms with van der Waals surface area (Å²) in [6, 6.07) is 7.21. The zero-order valence-corrected chi connectivity index (χ0v) is 20.1. The Hall–Kier alpha value is -2.07. The monoisotopic (exact) mass is 472 g/mol. The van der Waals surface area contributed by atoms with E-state index in [2.05, 4.69) is 23.7 Å². The van der Waals surface area contributed by atoms with Gasteiger partial charge in [-0.2, -0.15) is 4.31 Å². The number of benzene rings is 1. The summed E-state index contributed by atoms with van der Waals surface area (Å²) in [5, 5.41) is 0.769. The Morgan fingerprint density at radius 1 is 1.09 bits per heavy atom. The number of rotatable bonds is 5. The average molecular weight is 473 g/mol. The van der Waals surface area contributed by atoms with Gasteiger partial charge in [-0.05, 0) is 48.4 Å². The molecule has 2 aromatic heterocycles. The molecule has 32 heavy (non-hydrogen) atoms. The summed E-state index contributed by atoms with van der Waals surface area (Å²) in [4.78, 5) is 25.0. The number of hydrogen-bond donors (Lipinski definition) is 1. The third-order valence-electron chi connectivity index (χ3n) is 6.51. The summed E-state index contributed by atoms with van der Waals surface area (Å²) in [5.41, 5.74) is 2.27. The second kappa shape index (κ2) is 8.37. The Balaban J connectivity index is 1.26. The van der Waals surface area contributed by atoms with Crippen LogP contribution >= 0.6 is 11.3 Å². The molecule has 2 aliphatic rings. The average Bonchev–Trinajstić information content (AvgIpc) is 3.35. The molecule has 0 spiro atoms. The zero-order valence-electron chi connectivity index (χ0n) is 18.4. The lowest BCUT2D eigenvalue weighted by Crippen LogP contribution is -2.48. The zero-order chi connectivity index (χ0) is 22.5. The van der Waals surface area contributed by atoms with Crippen molar-refractivity contribution in [2.45, 2.75) is 50.5 Å². The van der Waals surface area contributed by atoms with Crippen LogP contribution in [0, 0.1) is 0 Å². The first-order valence-corrected chi connectivity index (χ1v) is 13.4. The largest absolute Gasteiger partial charge is 0.309 e. The van der Waals surface area contributed by atoms with E-state index in [4.69, 9.17) is 4.98 Å². The van der Waals surface area contributed by atoms with E-state index in [9.17, 15) is 13.2 Å². The summed E-state index contributed by atoms with van der Waals surface area (Å²) in [6.07, 6.45) is 3.13. The van der Waals surface area contributed by atoms with E-state index in [0.717, 1.165) is 35.0 Å². The van der Waals surface area contributed by atoms with Gasteiger partial charge in [0, 0.05) is 31.1 Å². The van der Waals surface area contributed by atoms with Crippen LogP contribution < -0.4 is 5.56 Å². The van der Waals surface area contributed by atoms with Crippen LogP contribution in [0.4, 0.5) is 0 Å². The molecule has 0 saturated carbocycles. The number of sulfonamides is 1. The van der Waals surface area contributed by atoms with Crippen LogP contribution in [0.3, 0.4) is 0 Å². The first kappa shape index (κ1) is 21.8. The maximum atomic E-state index is 13.0. The third kappa shape index (κ3) is 3.91. The van der Waals surface area contributed by atoms with Gasteiger partial charge in [-0.1, -0.05) is 26.0 Å². The Morgan fingerprint density at radius 2 is 1.81 bits per heavy atom. The molecular formula is C23H28N4O3S2. The van der Waals surface area contributed by atoms with Gasteiger partial charge in [0.25, 0.3) is 5.56 Å². The number of H-pyrrole nitrogens is 1. The highest BCUT2D eigenvalue weighted by atomic mass is 32.2. The Kier molecular flexibility index (Phi) is 5.69. The topological polar surface area (TPSA) is 86.4 Å². The van der Waals surface area contributed by atoms with Gasteiger partial charge in [0.2, 0.25) is 10.0 Å². The van der Waals surface area contributed by atoms with Crippen molar-refractivity contribution in [1.82, 2.24) is 19.2 Å². The highest BCUT2D eigenvalue weighted by Crippen LogP contribution is 2.34. The van der Waals surface area contributed by atoms with Crippen LogP contribution in [0.15, 0.2) is 34.0 Å². The molecule has 0 amide bonds.